The van der Waals surface area contributed by atoms with Crippen molar-refractivity contribution in [3.8, 4) is 11.4 Å². The van der Waals surface area contributed by atoms with Crippen LogP contribution in [0.25, 0.3) is 11.4 Å². The van der Waals surface area contributed by atoms with Crippen molar-refractivity contribution in [2.24, 2.45) is 0 Å². The zero-order valence-electron chi connectivity index (χ0n) is 11.7. The molecule has 0 amide bonds. The van der Waals surface area contributed by atoms with Gasteiger partial charge in [-0.2, -0.15) is 14.5 Å². The molecule has 0 aliphatic heterocycles. The van der Waals surface area contributed by atoms with E-state index in [0.29, 0.717) is 11.6 Å². The smallest absolute Gasteiger partial charge is 0.243 e. The van der Waals surface area contributed by atoms with Gasteiger partial charge < -0.3 is 0 Å². The lowest BCUT2D eigenvalue weighted by atomic mass is 10.2. The minimum Gasteiger partial charge on any atom is -0.243 e. The fourth-order valence-corrected chi connectivity index (χ4v) is 1.88. The number of benzene rings is 1. The predicted octanol–water partition coefficient (Wildman–Crippen LogP) is 2.18. The van der Waals surface area contributed by atoms with Gasteiger partial charge in [0, 0.05) is 11.5 Å². The number of carbonyl (C=O) groups excluding carboxylic acids is 1. The second kappa shape index (κ2) is 5.28. The van der Waals surface area contributed by atoms with Gasteiger partial charge in [-0.05, 0) is 0 Å². The van der Waals surface area contributed by atoms with E-state index in [-0.39, 0.29) is 5.92 Å². The van der Waals surface area contributed by atoms with Crippen LogP contribution in [0.1, 0.15) is 25.6 Å². The Morgan fingerprint density at radius 3 is 2.57 bits per heavy atom. The number of aromatic nitrogens is 6. The van der Waals surface area contributed by atoms with E-state index in [1.165, 1.54) is 17.3 Å². The van der Waals surface area contributed by atoms with Gasteiger partial charge in [0.25, 0.3) is 0 Å². The van der Waals surface area contributed by atoms with Crippen LogP contribution in [0, 0.1) is 0 Å². The van der Waals surface area contributed by atoms with Gasteiger partial charge in [0.05, 0.1) is 0 Å². The van der Waals surface area contributed by atoms with Crippen LogP contribution in [-0.4, -0.2) is 35.6 Å². The zero-order valence-corrected chi connectivity index (χ0v) is 11.7. The molecule has 0 saturated heterocycles. The fraction of sp³-hybridized carbons (Fsp3) is 0.214. The highest BCUT2D eigenvalue weighted by molar-refractivity contribution is 5.81. The minimum atomic E-state index is -0.411. The lowest BCUT2D eigenvalue weighted by Crippen LogP contribution is -2.22. The van der Waals surface area contributed by atoms with E-state index in [1.54, 1.807) is 0 Å². The summed E-state index contributed by atoms with van der Waals surface area (Å²) in [5.74, 6) is 1.24. The number of nitrogens with zero attached hydrogens (tertiary/aromatic N) is 6. The fourth-order valence-electron chi connectivity index (χ4n) is 1.88. The average molecular weight is 282 g/mol. The molecule has 106 valence electrons. The molecule has 0 bridgehead atoms. The first-order valence-electron chi connectivity index (χ1n) is 6.58. The third kappa shape index (κ3) is 2.45. The number of hydrogen-bond acceptors (Lipinski definition) is 5. The molecule has 2 aromatic heterocycles. The Hall–Kier alpha value is -2.83. The molecule has 1 aromatic carbocycles. The maximum atomic E-state index is 12.5. The zero-order chi connectivity index (χ0) is 14.8. The van der Waals surface area contributed by atoms with Crippen molar-refractivity contribution >= 4 is 6.03 Å². The topological polar surface area (TPSA) is 78.5 Å². The van der Waals surface area contributed by atoms with Gasteiger partial charge in [0.15, 0.2) is 11.6 Å². The molecule has 7 heteroatoms. The molecule has 3 rings (SSSR count). The van der Waals surface area contributed by atoms with Crippen molar-refractivity contribution in [2.45, 2.75) is 19.8 Å². The van der Waals surface area contributed by atoms with Crippen LogP contribution in [0.2, 0.25) is 0 Å². The molecule has 0 atom stereocenters. The number of hydrogen-bond donors (Lipinski definition) is 0. The first kappa shape index (κ1) is 13.2. The molecule has 21 heavy (non-hydrogen) atoms. The molecule has 2 heterocycles. The van der Waals surface area contributed by atoms with Crippen LogP contribution in [0.4, 0.5) is 4.79 Å². The van der Waals surface area contributed by atoms with Crippen LogP contribution in [0.15, 0.2) is 43.0 Å². The maximum Gasteiger partial charge on any atom is 0.372 e. The Kier molecular flexibility index (Phi) is 3.31. The Morgan fingerprint density at radius 2 is 1.95 bits per heavy atom. The second-order valence-corrected chi connectivity index (χ2v) is 4.85. The van der Waals surface area contributed by atoms with E-state index in [9.17, 15) is 4.79 Å². The monoisotopic (exact) mass is 282 g/mol. The Labute approximate surface area is 121 Å². The molecular formula is C14H14N6O. The molecule has 3 aromatic rings. The Bertz CT molecular complexity index is 745. The molecule has 0 radical (unpaired) electrons. The van der Waals surface area contributed by atoms with Crippen LogP contribution < -0.4 is 0 Å². The molecule has 0 spiro atoms. The number of rotatable bonds is 2. The second-order valence-electron chi connectivity index (χ2n) is 4.85. The summed E-state index contributed by atoms with van der Waals surface area (Å²) in [4.78, 5) is 20.7. The summed E-state index contributed by atoms with van der Waals surface area (Å²) < 4.78 is 2.39. The first-order valence-corrected chi connectivity index (χ1v) is 6.58. The van der Waals surface area contributed by atoms with Crippen molar-refractivity contribution < 1.29 is 4.79 Å². The SMILES string of the molecule is CC(C)c1nc(-c2ccccc2)n(C(=O)n2cncn2)n1. The maximum absolute atomic E-state index is 12.5. The van der Waals surface area contributed by atoms with Crippen molar-refractivity contribution in [3.05, 3.63) is 48.8 Å². The van der Waals surface area contributed by atoms with E-state index in [1.807, 2.05) is 44.2 Å². The van der Waals surface area contributed by atoms with Gasteiger partial charge in [-0.15, -0.1) is 5.10 Å². The highest BCUT2D eigenvalue weighted by Gasteiger charge is 2.20. The molecule has 0 fully saturated rings. The predicted molar refractivity (Wildman–Crippen MR) is 75.8 cm³/mol. The molecular weight excluding hydrogens is 268 g/mol. The van der Waals surface area contributed by atoms with Crippen LogP contribution >= 0.6 is 0 Å². The van der Waals surface area contributed by atoms with Crippen LogP contribution in [0.3, 0.4) is 0 Å². The van der Waals surface area contributed by atoms with E-state index < -0.39 is 6.03 Å². The van der Waals surface area contributed by atoms with Crippen molar-refractivity contribution in [2.75, 3.05) is 0 Å². The third-order valence-electron chi connectivity index (χ3n) is 2.97. The molecule has 0 aliphatic rings. The number of carbonyl (C=O) groups is 1. The van der Waals surface area contributed by atoms with E-state index in [4.69, 9.17) is 0 Å². The highest BCUT2D eigenvalue weighted by atomic mass is 16.2. The summed E-state index contributed by atoms with van der Waals surface area (Å²) in [7, 11) is 0. The van der Waals surface area contributed by atoms with Crippen molar-refractivity contribution in [1.82, 2.24) is 29.5 Å². The van der Waals surface area contributed by atoms with Gasteiger partial charge in [0.2, 0.25) is 0 Å². The highest BCUT2D eigenvalue weighted by Crippen LogP contribution is 2.20. The van der Waals surface area contributed by atoms with Gasteiger partial charge in [-0.3, -0.25) is 0 Å². The summed E-state index contributed by atoms with van der Waals surface area (Å²) >= 11 is 0. The summed E-state index contributed by atoms with van der Waals surface area (Å²) in [6.45, 7) is 3.96. The van der Waals surface area contributed by atoms with Crippen molar-refractivity contribution in [3.63, 3.8) is 0 Å². The van der Waals surface area contributed by atoms with Crippen LogP contribution in [0.5, 0.6) is 0 Å². The molecule has 0 unspecified atom stereocenters. The normalized spacial score (nSPS) is 11.0. The van der Waals surface area contributed by atoms with Gasteiger partial charge in [0.1, 0.15) is 12.7 Å². The van der Waals surface area contributed by atoms with Crippen LogP contribution in [-0.2, 0) is 0 Å². The first-order chi connectivity index (χ1) is 10.2. The van der Waals surface area contributed by atoms with E-state index in [2.05, 4.69) is 20.2 Å². The molecule has 0 N–H and O–H groups in total. The minimum absolute atomic E-state index is 0.122. The van der Waals surface area contributed by atoms with E-state index >= 15 is 0 Å². The summed E-state index contributed by atoms with van der Waals surface area (Å²) in [5, 5.41) is 8.16. The van der Waals surface area contributed by atoms with Gasteiger partial charge in [-0.25, -0.2) is 14.8 Å². The Balaban J connectivity index is 2.13. The Morgan fingerprint density at radius 1 is 1.19 bits per heavy atom. The van der Waals surface area contributed by atoms with E-state index in [0.717, 1.165) is 10.2 Å². The average Bonchev–Trinajstić information content (AvgIpc) is 3.17. The van der Waals surface area contributed by atoms with Crippen molar-refractivity contribution in [1.29, 1.82) is 0 Å². The summed E-state index contributed by atoms with van der Waals surface area (Å²) in [6.07, 6.45) is 2.65. The third-order valence-corrected chi connectivity index (χ3v) is 2.97. The summed E-state index contributed by atoms with van der Waals surface area (Å²) in [5.41, 5.74) is 0.824. The lowest BCUT2D eigenvalue weighted by Gasteiger charge is -2.03. The molecule has 7 nitrogen and oxygen atoms in total. The quantitative estimate of drug-likeness (QED) is 0.719. The molecule has 0 saturated carbocycles. The largest absolute Gasteiger partial charge is 0.372 e. The van der Waals surface area contributed by atoms with Gasteiger partial charge >= 0.3 is 6.03 Å². The molecule has 0 aliphatic carbocycles. The standard InChI is InChI=1S/C14H14N6O/c1-10(2)12-17-13(11-6-4-3-5-7-11)20(18-12)14(21)19-9-15-8-16-19/h3-10H,1-2H3. The summed E-state index contributed by atoms with van der Waals surface area (Å²) in [6, 6.07) is 9.06. The lowest BCUT2D eigenvalue weighted by molar-refractivity contribution is 0.238. The van der Waals surface area contributed by atoms with Gasteiger partial charge in [-0.1, -0.05) is 44.2 Å².